The average Bonchev–Trinajstić information content (AvgIpc) is 2.89. The number of nitrogens with one attached hydrogen (secondary N) is 1. The molecule has 0 saturated carbocycles. The Morgan fingerprint density at radius 1 is 1.61 bits per heavy atom. The number of aliphatic hydroxyl groups excluding tert-OH is 2. The van der Waals surface area contributed by atoms with Crippen LogP contribution in [0.15, 0.2) is 6.07 Å². The van der Waals surface area contributed by atoms with E-state index in [9.17, 15) is 15.0 Å². The Balaban J connectivity index is 1.99. The van der Waals surface area contributed by atoms with Crippen LogP contribution in [0.2, 0.25) is 4.34 Å². The van der Waals surface area contributed by atoms with Crippen LogP contribution in [0.4, 0.5) is 0 Å². The summed E-state index contributed by atoms with van der Waals surface area (Å²) < 4.78 is 0.772. The molecule has 0 bridgehead atoms. The van der Waals surface area contributed by atoms with Gasteiger partial charge in [-0.1, -0.05) is 11.6 Å². The number of likely N-dealkylation sites (tertiary alicyclic amines) is 1. The zero-order valence-corrected chi connectivity index (χ0v) is 15.2. The van der Waals surface area contributed by atoms with Gasteiger partial charge >= 0.3 is 0 Å². The molecule has 1 amide bonds. The molecule has 7 heteroatoms. The fraction of sp³-hybridized carbons (Fsp3) is 0.688. The van der Waals surface area contributed by atoms with Crippen LogP contribution < -0.4 is 5.32 Å². The summed E-state index contributed by atoms with van der Waals surface area (Å²) in [5.74, 6) is 0.0899. The van der Waals surface area contributed by atoms with Gasteiger partial charge in [-0.05, 0) is 50.3 Å². The van der Waals surface area contributed by atoms with Crippen molar-refractivity contribution in [2.24, 2.45) is 0 Å². The number of rotatable bonds is 6. The number of aliphatic hydroxyl groups is 2. The predicted octanol–water partition coefficient (Wildman–Crippen LogP) is 1.61. The number of carbonyl (C=O) groups is 1. The van der Waals surface area contributed by atoms with Crippen LogP contribution in [-0.4, -0.2) is 59.9 Å². The Morgan fingerprint density at radius 3 is 2.96 bits per heavy atom. The Bertz CT molecular complexity index is 537. The number of piperidine rings is 1. The summed E-state index contributed by atoms with van der Waals surface area (Å²) in [5.41, 5.74) is 1.15. The van der Waals surface area contributed by atoms with Crippen LogP contribution >= 0.6 is 22.9 Å². The molecule has 1 aliphatic rings. The summed E-state index contributed by atoms with van der Waals surface area (Å²) in [6.45, 7) is 3.46. The zero-order chi connectivity index (χ0) is 17.0. The molecule has 2 rings (SSSR count). The number of halogens is 1. The molecule has 1 aromatic rings. The highest BCUT2D eigenvalue weighted by atomic mass is 35.5. The van der Waals surface area contributed by atoms with Gasteiger partial charge in [-0.3, -0.25) is 9.69 Å². The summed E-state index contributed by atoms with van der Waals surface area (Å²) in [4.78, 5) is 14.9. The van der Waals surface area contributed by atoms with Gasteiger partial charge in [0.1, 0.15) is 6.10 Å². The minimum absolute atomic E-state index is 0.132. The van der Waals surface area contributed by atoms with Gasteiger partial charge in [0.2, 0.25) is 5.91 Å². The van der Waals surface area contributed by atoms with E-state index in [1.54, 1.807) is 11.3 Å². The van der Waals surface area contributed by atoms with Crippen molar-refractivity contribution < 1.29 is 15.0 Å². The zero-order valence-electron chi connectivity index (χ0n) is 13.6. The van der Waals surface area contributed by atoms with E-state index in [2.05, 4.69) is 17.1 Å². The summed E-state index contributed by atoms with van der Waals surface area (Å²) in [5, 5.41) is 21.6. The van der Waals surface area contributed by atoms with Crippen LogP contribution in [0.25, 0.3) is 0 Å². The third kappa shape index (κ3) is 4.67. The number of β-amino-alcohol motifs (C(OH)–C–C–N with tert-alkyl or cyclic N) is 1. The molecule has 130 valence electrons. The number of hydrogen-bond acceptors (Lipinski definition) is 5. The maximum Gasteiger partial charge on any atom is 0.249 e. The van der Waals surface area contributed by atoms with Gasteiger partial charge in [0, 0.05) is 31.1 Å². The quantitative estimate of drug-likeness (QED) is 0.720. The van der Waals surface area contributed by atoms with Crippen molar-refractivity contribution in [1.29, 1.82) is 0 Å². The van der Waals surface area contributed by atoms with E-state index in [0.717, 1.165) is 29.3 Å². The van der Waals surface area contributed by atoms with Crippen LogP contribution in [0.5, 0.6) is 0 Å². The SMILES string of the molecule is CNC(=O)[C@@H](O)CN1CCC(c2sc(Cl)cc2CCO)CC1C. The van der Waals surface area contributed by atoms with E-state index in [-0.39, 0.29) is 18.6 Å². The third-order valence-corrected chi connectivity index (χ3v) is 6.00. The molecule has 3 N–H and O–H groups in total. The standard InChI is InChI=1S/C16H25ClN2O3S/c1-10-7-11(15-12(4-6-20)8-14(17)23-15)3-5-19(10)9-13(21)16(22)18-2/h8,10-11,13,20-21H,3-7,9H2,1-2H3,(H,18,22)/t10?,11?,13-/m0/s1. The van der Waals surface area contributed by atoms with E-state index in [0.29, 0.717) is 18.9 Å². The molecule has 3 atom stereocenters. The first-order valence-corrected chi connectivity index (χ1v) is 9.18. The number of carbonyl (C=O) groups excluding carboxylic acids is 1. The second-order valence-corrected chi connectivity index (χ2v) is 7.82. The van der Waals surface area contributed by atoms with Gasteiger partial charge in [-0.15, -0.1) is 11.3 Å². The number of hydrogen-bond donors (Lipinski definition) is 3. The van der Waals surface area contributed by atoms with E-state index in [1.165, 1.54) is 11.9 Å². The van der Waals surface area contributed by atoms with Crippen LogP contribution in [0.1, 0.15) is 36.1 Å². The largest absolute Gasteiger partial charge is 0.396 e. The molecule has 2 unspecified atom stereocenters. The maximum atomic E-state index is 11.5. The van der Waals surface area contributed by atoms with Crippen LogP contribution in [0, 0.1) is 0 Å². The van der Waals surface area contributed by atoms with Crippen molar-refractivity contribution in [3.8, 4) is 0 Å². The summed E-state index contributed by atoms with van der Waals surface area (Å²) in [6.07, 6.45) is 1.60. The molecule has 1 saturated heterocycles. The molecule has 0 aromatic carbocycles. The molecule has 0 aliphatic carbocycles. The lowest BCUT2D eigenvalue weighted by molar-refractivity contribution is -0.130. The number of nitrogens with zero attached hydrogens (tertiary/aromatic N) is 1. The van der Waals surface area contributed by atoms with E-state index < -0.39 is 6.10 Å². The Kier molecular flexibility index (Phi) is 6.85. The average molecular weight is 361 g/mol. The number of likely N-dealkylation sites (N-methyl/N-ethyl adjacent to an activating group) is 1. The van der Waals surface area contributed by atoms with Crippen molar-refractivity contribution in [2.75, 3.05) is 26.7 Å². The minimum Gasteiger partial charge on any atom is -0.396 e. The normalized spacial score (nSPS) is 23.7. The monoisotopic (exact) mass is 360 g/mol. The first kappa shape index (κ1) is 18.7. The lowest BCUT2D eigenvalue weighted by Crippen LogP contribution is -2.47. The molecule has 23 heavy (non-hydrogen) atoms. The minimum atomic E-state index is -0.986. The Hall–Kier alpha value is -0.660. The lowest BCUT2D eigenvalue weighted by atomic mass is 9.88. The van der Waals surface area contributed by atoms with Crippen molar-refractivity contribution in [2.45, 2.75) is 44.2 Å². The molecule has 0 radical (unpaired) electrons. The second-order valence-electron chi connectivity index (χ2n) is 6.11. The number of amides is 1. The van der Waals surface area contributed by atoms with Gasteiger partial charge in [-0.2, -0.15) is 0 Å². The second kappa shape index (κ2) is 8.44. The van der Waals surface area contributed by atoms with Gasteiger partial charge < -0.3 is 15.5 Å². The summed E-state index contributed by atoms with van der Waals surface area (Å²) in [6, 6.07) is 2.25. The molecule has 2 heterocycles. The molecule has 1 aromatic heterocycles. The summed E-state index contributed by atoms with van der Waals surface area (Å²) in [7, 11) is 1.53. The topological polar surface area (TPSA) is 72.8 Å². The molecular weight excluding hydrogens is 336 g/mol. The maximum absolute atomic E-state index is 11.5. The van der Waals surface area contributed by atoms with Gasteiger partial charge in [0.15, 0.2) is 0 Å². The van der Waals surface area contributed by atoms with Crippen LogP contribution in [-0.2, 0) is 11.2 Å². The molecule has 5 nitrogen and oxygen atoms in total. The first-order valence-electron chi connectivity index (χ1n) is 7.99. The smallest absolute Gasteiger partial charge is 0.249 e. The number of thiophene rings is 1. The Labute approximate surface area is 146 Å². The van der Waals surface area contributed by atoms with Crippen molar-refractivity contribution in [3.63, 3.8) is 0 Å². The highest BCUT2D eigenvalue weighted by molar-refractivity contribution is 7.16. The van der Waals surface area contributed by atoms with E-state index in [1.807, 2.05) is 6.07 Å². The fourth-order valence-corrected chi connectivity index (χ4v) is 4.74. The fourth-order valence-electron chi connectivity index (χ4n) is 3.27. The van der Waals surface area contributed by atoms with Crippen molar-refractivity contribution in [3.05, 3.63) is 20.8 Å². The first-order chi connectivity index (χ1) is 11.0. The molecule has 1 fully saturated rings. The Morgan fingerprint density at radius 2 is 2.35 bits per heavy atom. The van der Waals surface area contributed by atoms with Gasteiger partial charge in [0.25, 0.3) is 0 Å². The predicted molar refractivity (Wildman–Crippen MR) is 93.2 cm³/mol. The van der Waals surface area contributed by atoms with E-state index in [4.69, 9.17) is 11.6 Å². The lowest BCUT2D eigenvalue weighted by Gasteiger charge is -2.38. The summed E-state index contributed by atoms with van der Waals surface area (Å²) >= 11 is 7.76. The van der Waals surface area contributed by atoms with Gasteiger partial charge in [0.05, 0.1) is 4.34 Å². The van der Waals surface area contributed by atoms with Gasteiger partial charge in [-0.25, -0.2) is 0 Å². The highest BCUT2D eigenvalue weighted by Gasteiger charge is 2.30. The van der Waals surface area contributed by atoms with Crippen molar-refractivity contribution >= 4 is 28.8 Å². The van der Waals surface area contributed by atoms with Crippen LogP contribution in [0.3, 0.4) is 0 Å². The highest BCUT2D eigenvalue weighted by Crippen LogP contribution is 2.39. The van der Waals surface area contributed by atoms with Crippen molar-refractivity contribution in [1.82, 2.24) is 10.2 Å². The molecular formula is C16H25ClN2O3S. The van der Waals surface area contributed by atoms with E-state index >= 15 is 0 Å². The molecule has 1 aliphatic heterocycles. The third-order valence-electron chi connectivity index (χ3n) is 4.53. The molecule has 0 spiro atoms.